The number of carbonyl (C=O) groups excluding carboxylic acids is 1. The number of aromatic nitrogens is 3. The van der Waals surface area contributed by atoms with E-state index in [1.54, 1.807) is 12.4 Å². The number of pyridine rings is 1. The van der Waals surface area contributed by atoms with Gasteiger partial charge in [0.05, 0.1) is 0 Å². The maximum atomic E-state index is 12.0. The minimum absolute atomic E-state index is 0.321. The molecule has 1 aliphatic carbocycles. The second kappa shape index (κ2) is 4.98. The molecule has 0 radical (unpaired) electrons. The molecule has 1 amide bonds. The molecule has 2 aromatic rings. The van der Waals surface area contributed by atoms with Gasteiger partial charge in [0.25, 0.3) is 0 Å². The molecule has 0 spiro atoms. The van der Waals surface area contributed by atoms with Gasteiger partial charge in [0, 0.05) is 50.1 Å². The lowest BCUT2D eigenvalue weighted by Crippen LogP contribution is -2.27. The summed E-state index contributed by atoms with van der Waals surface area (Å²) in [5.74, 6) is 1.59. The van der Waals surface area contributed by atoms with Crippen LogP contribution in [0.5, 0.6) is 0 Å². The number of nitrogens with zero attached hydrogens (tertiary/aromatic N) is 4. The molecule has 21 heavy (non-hydrogen) atoms. The molecule has 2 fully saturated rings. The molecule has 108 valence electrons. The molecule has 0 aromatic carbocycles. The first-order valence-electron chi connectivity index (χ1n) is 7.53. The van der Waals surface area contributed by atoms with E-state index in [1.165, 1.54) is 12.8 Å². The van der Waals surface area contributed by atoms with Crippen LogP contribution < -0.4 is 0 Å². The molecular weight excluding hydrogens is 264 g/mol. The summed E-state index contributed by atoms with van der Waals surface area (Å²) in [4.78, 5) is 22.9. The number of rotatable bonds is 4. The van der Waals surface area contributed by atoms with E-state index in [4.69, 9.17) is 0 Å². The fraction of sp³-hybridized carbons (Fsp3) is 0.438. The second-order valence-corrected chi connectivity index (χ2v) is 5.97. The molecular formula is C16H18N4O. The molecule has 1 unspecified atom stereocenters. The van der Waals surface area contributed by atoms with Gasteiger partial charge < -0.3 is 9.47 Å². The van der Waals surface area contributed by atoms with Crippen molar-refractivity contribution in [3.63, 3.8) is 0 Å². The summed E-state index contributed by atoms with van der Waals surface area (Å²) in [5.41, 5.74) is 0.880. The molecule has 0 bridgehead atoms. The van der Waals surface area contributed by atoms with Crippen LogP contribution >= 0.6 is 0 Å². The zero-order valence-electron chi connectivity index (χ0n) is 11.9. The van der Waals surface area contributed by atoms with Crippen molar-refractivity contribution in [3.8, 4) is 11.5 Å². The van der Waals surface area contributed by atoms with E-state index in [0.29, 0.717) is 24.3 Å². The number of imidazole rings is 1. The predicted molar refractivity (Wildman–Crippen MR) is 78.3 cm³/mol. The van der Waals surface area contributed by atoms with Gasteiger partial charge in [0.2, 0.25) is 5.91 Å². The van der Waals surface area contributed by atoms with E-state index in [2.05, 4.69) is 19.4 Å². The first kappa shape index (κ1) is 12.6. The Kier molecular flexibility index (Phi) is 2.98. The molecule has 2 aliphatic rings. The zero-order chi connectivity index (χ0) is 14.2. The molecule has 1 saturated heterocycles. The molecule has 1 saturated carbocycles. The normalized spacial score (nSPS) is 22.0. The molecule has 0 N–H and O–H groups in total. The first-order chi connectivity index (χ1) is 10.3. The Morgan fingerprint density at radius 2 is 2.10 bits per heavy atom. The monoisotopic (exact) mass is 282 g/mol. The maximum Gasteiger partial charge on any atom is 0.223 e. The minimum atomic E-state index is 0.321. The third-order valence-corrected chi connectivity index (χ3v) is 4.29. The highest BCUT2D eigenvalue weighted by Crippen LogP contribution is 2.33. The molecule has 5 nitrogen and oxygen atoms in total. The van der Waals surface area contributed by atoms with Gasteiger partial charge in [0.15, 0.2) is 5.82 Å². The predicted octanol–water partition coefficient (Wildman–Crippen LogP) is 1.96. The van der Waals surface area contributed by atoms with Gasteiger partial charge >= 0.3 is 0 Å². The summed E-state index contributed by atoms with van der Waals surface area (Å²) in [6.45, 7) is 1.73. The van der Waals surface area contributed by atoms with Crippen LogP contribution in [0.3, 0.4) is 0 Å². The van der Waals surface area contributed by atoms with Crippen molar-refractivity contribution >= 4 is 5.91 Å². The van der Waals surface area contributed by atoms with Crippen LogP contribution in [0, 0.1) is 5.92 Å². The van der Waals surface area contributed by atoms with Crippen molar-refractivity contribution in [2.75, 3.05) is 6.54 Å². The SMILES string of the molecule is O=C1CC(Cn2ccnc2-c2ccccn2)CN1C1CC1. The van der Waals surface area contributed by atoms with Gasteiger partial charge in [0.1, 0.15) is 5.69 Å². The highest BCUT2D eigenvalue weighted by molar-refractivity contribution is 5.79. The van der Waals surface area contributed by atoms with E-state index in [-0.39, 0.29) is 0 Å². The van der Waals surface area contributed by atoms with Gasteiger partial charge in [-0.05, 0) is 25.0 Å². The Bertz CT molecular complexity index is 647. The van der Waals surface area contributed by atoms with Crippen LogP contribution in [0.25, 0.3) is 11.5 Å². The highest BCUT2D eigenvalue weighted by Gasteiger charge is 2.39. The quantitative estimate of drug-likeness (QED) is 0.861. The Morgan fingerprint density at radius 3 is 2.86 bits per heavy atom. The average molecular weight is 282 g/mol. The van der Waals surface area contributed by atoms with Crippen LogP contribution in [-0.4, -0.2) is 37.9 Å². The summed E-state index contributed by atoms with van der Waals surface area (Å²) >= 11 is 0. The second-order valence-electron chi connectivity index (χ2n) is 5.97. The number of carbonyl (C=O) groups is 1. The third-order valence-electron chi connectivity index (χ3n) is 4.29. The van der Waals surface area contributed by atoms with E-state index in [0.717, 1.165) is 24.6 Å². The Hall–Kier alpha value is -2.17. The lowest BCUT2D eigenvalue weighted by atomic mass is 10.1. The first-order valence-corrected chi connectivity index (χ1v) is 7.53. The van der Waals surface area contributed by atoms with Crippen molar-refractivity contribution in [1.29, 1.82) is 0 Å². The Labute approximate surface area is 123 Å². The van der Waals surface area contributed by atoms with Crippen molar-refractivity contribution in [3.05, 3.63) is 36.8 Å². The van der Waals surface area contributed by atoms with Crippen LogP contribution in [0.1, 0.15) is 19.3 Å². The van der Waals surface area contributed by atoms with Crippen molar-refractivity contribution < 1.29 is 4.79 Å². The van der Waals surface area contributed by atoms with Gasteiger partial charge in [-0.15, -0.1) is 0 Å². The number of hydrogen-bond donors (Lipinski definition) is 0. The van der Waals surface area contributed by atoms with Gasteiger partial charge in [-0.3, -0.25) is 9.78 Å². The van der Waals surface area contributed by atoms with Crippen molar-refractivity contribution in [2.24, 2.45) is 5.92 Å². The number of hydrogen-bond acceptors (Lipinski definition) is 3. The summed E-state index contributed by atoms with van der Waals surface area (Å²) in [6.07, 6.45) is 8.60. The third kappa shape index (κ3) is 2.44. The molecule has 1 aliphatic heterocycles. The lowest BCUT2D eigenvalue weighted by Gasteiger charge is -2.16. The molecule has 5 heteroatoms. The van der Waals surface area contributed by atoms with Crippen LogP contribution in [-0.2, 0) is 11.3 Å². The maximum absolute atomic E-state index is 12.0. The fourth-order valence-electron chi connectivity index (χ4n) is 3.13. The van der Waals surface area contributed by atoms with Crippen molar-refractivity contribution in [2.45, 2.75) is 31.8 Å². The summed E-state index contributed by atoms with van der Waals surface area (Å²) in [5, 5.41) is 0. The van der Waals surface area contributed by atoms with E-state index < -0.39 is 0 Å². The largest absolute Gasteiger partial charge is 0.339 e. The Balaban J connectivity index is 1.51. The smallest absolute Gasteiger partial charge is 0.223 e. The van der Waals surface area contributed by atoms with Crippen LogP contribution in [0.4, 0.5) is 0 Å². The van der Waals surface area contributed by atoms with Crippen LogP contribution in [0.2, 0.25) is 0 Å². The van der Waals surface area contributed by atoms with Gasteiger partial charge in [-0.1, -0.05) is 6.07 Å². The number of likely N-dealkylation sites (tertiary alicyclic amines) is 1. The van der Waals surface area contributed by atoms with Crippen LogP contribution in [0.15, 0.2) is 36.8 Å². The minimum Gasteiger partial charge on any atom is -0.339 e. The van der Waals surface area contributed by atoms with Gasteiger partial charge in [-0.25, -0.2) is 4.98 Å². The lowest BCUT2D eigenvalue weighted by molar-refractivity contribution is -0.128. The highest BCUT2D eigenvalue weighted by atomic mass is 16.2. The molecule has 4 rings (SSSR count). The van der Waals surface area contributed by atoms with E-state index in [9.17, 15) is 4.79 Å². The standard InChI is InChI=1S/C16H18N4O/c21-15-9-12(11-20(15)13-4-5-13)10-19-8-7-18-16(19)14-3-1-2-6-17-14/h1-3,6-8,12-13H,4-5,9-11H2. The zero-order valence-corrected chi connectivity index (χ0v) is 11.9. The van der Waals surface area contributed by atoms with Gasteiger partial charge in [-0.2, -0.15) is 0 Å². The molecule has 2 aromatic heterocycles. The topological polar surface area (TPSA) is 51.0 Å². The van der Waals surface area contributed by atoms with E-state index in [1.807, 2.05) is 24.4 Å². The molecule has 3 heterocycles. The number of amides is 1. The van der Waals surface area contributed by atoms with E-state index >= 15 is 0 Å². The Morgan fingerprint density at radius 1 is 1.19 bits per heavy atom. The molecule has 1 atom stereocenters. The summed E-state index contributed by atoms with van der Waals surface area (Å²) in [7, 11) is 0. The summed E-state index contributed by atoms with van der Waals surface area (Å²) < 4.78 is 2.12. The average Bonchev–Trinajstić information content (AvgIpc) is 3.13. The summed E-state index contributed by atoms with van der Waals surface area (Å²) in [6, 6.07) is 6.37. The van der Waals surface area contributed by atoms with Crippen molar-refractivity contribution in [1.82, 2.24) is 19.4 Å². The fourth-order valence-corrected chi connectivity index (χ4v) is 3.13.